The third kappa shape index (κ3) is 4.95. The normalized spacial score (nSPS) is 14.3. The number of nitrogens with one attached hydrogen (secondary N) is 1. The Kier molecular flexibility index (Phi) is 6.56. The van der Waals surface area contributed by atoms with Crippen LogP contribution in [0.4, 0.5) is 5.69 Å². The Bertz CT molecular complexity index is 383. The van der Waals surface area contributed by atoms with Crippen molar-refractivity contribution in [3.63, 3.8) is 0 Å². The Morgan fingerprint density at radius 1 is 1.44 bits per heavy atom. The van der Waals surface area contributed by atoms with Crippen molar-refractivity contribution in [2.75, 3.05) is 39.1 Å². The summed E-state index contributed by atoms with van der Waals surface area (Å²) in [4.78, 5) is 11.6. The topological polar surface area (TPSA) is 73.6 Å². The number of carbonyl (C=O) groups excluding carboxylic acids is 1. The van der Waals surface area contributed by atoms with E-state index in [-0.39, 0.29) is 0 Å². The summed E-state index contributed by atoms with van der Waals surface area (Å²) in [5.41, 5.74) is 6.47. The number of ether oxygens (including phenoxy) is 2. The minimum absolute atomic E-state index is 0.403. The molecule has 1 fully saturated rings. The van der Waals surface area contributed by atoms with Gasteiger partial charge in [-0.25, -0.2) is 4.79 Å². The molecule has 0 bridgehead atoms. The quantitative estimate of drug-likeness (QED) is 0.402. The summed E-state index contributed by atoms with van der Waals surface area (Å²) in [6.45, 7) is 3.83. The first-order valence-corrected chi connectivity index (χ1v) is 6.05. The molecule has 100 valence electrons. The van der Waals surface area contributed by atoms with Crippen LogP contribution in [0.15, 0.2) is 23.1 Å². The van der Waals surface area contributed by atoms with Crippen LogP contribution in [-0.2, 0) is 9.47 Å². The summed E-state index contributed by atoms with van der Waals surface area (Å²) in [5.74, 6) is -0.403. The second kappa shape index (κ2) is 7.97. The van der Waals surface area contributed by atoms with Gasteiger partial charge < -0.3 is 20.5 Å². The first-order valence-electron chi connectivity index (χ1n) is 5.60. The zero-order valence-corrected chi connectivity index (χ0v) is 11.2. The van der Waals surface area contributed by atoms with E-state index in [2.05, 4.69) is 22.7 Å². The van der Waals surface area contributed by atoms with E-state index >= 15 is 0 Å². The molecule has 0 saturated carbocycles. The lowest BCUT2D eigenvalue weighted by atomic mass is 10.2. The van der Waals surface area contributed by atoms with Crippen molar-refractivity contribution in [3.8, 4) is 0 Å². The number of hydrogen-bond donors (Lipinski definition) is 3. The highest BCUT2D eigenvalue weighted by Gasteiger charge is 2.08. The number of methoxy groups -OCH3 is 1. The molecule has 1 aliphatic heterocycles. The molecule has 1 aromatic carbocycles. The number of hydrogen-bond acceptors (Lipinski definition) is 6. The average molecular weight is 270 g/mol. The molecule has 0 aromatic heterocycles. The van der Waals surface area contributed by atoms with Gasteiger partial charge in [0.15, 0.2) is 0 Å². The molecule has 0 amide bonds. The average Bonchev–Trinajstić information content (AvgIpc) is 2.41. The number of rotatable bonds is 1. The summed E-state index contributed by atoms with van der Waals surface area (Å²) >= 11 is 4.08. The van der Waals surface area contributed by atoms with Gasteiger partial charge in [-0.15, -0.1) is 12.6 Å². The summed E-state index contributed by atoms with van der Waals surface area (Å²) in [6, 6.07) is 4.82. The Morgan fingerprint density at radius 2 is 2.11 bits per heavy atom. The number of thiol groups is 1. The van der Waals surface area contributed by atoms with Gasteiger partial charge in [-0.1, -0.05) is 0 Å². The minimum Gasteiger partial charge on any atom is -0.465 e. The van der Waals surface area contributed by atoms with Crippen molar-refractivity contribution in [2.24, 2.45) is 0 Å². The lowest BCUT2D eigenvalue weighted by Gasteiger charge is -2.10. The van der Waals surface area contributed by atoms with E-state index in [1.54, 1.807) is 18.2 Å². The molecule has 1 saturated heterocycles. The van der Waals surface area contributed by atoms with Crippen LogP contribution in [0.3, 0.4) is 0 Å². The highest BCUT2D eigenvalue weighted by molar-refractivity contribution is 7.80. The molecule has 1 heterocycles. The molecular formula is C12H18N2O3S. The maximum absolute atomic E-state index is 11.0. The molecule has 1 aliphatic rings. The lowest BCUT2D eigenvalue weighted by molar-refractivity contribution is 0.0597. The van der Waals surface area contributed by atoms with Gasteiger partial charge in [0.1, 0.15) is 0 Å². The van der Waals surface area contributed by atoms with E-state index in [4.69, 9.17) is 10.5 Å². The molecular weight excluding hydrogens is 252 g/mol. The van der Waals surface area contributed by atoms with Crippen molar-refractivity contribution in [3.05, 3.63) is 23.8 Å². The highest BCUT2D eigenvalue weighted by atomic mass is 32.1. The number of nitrogen functional groups attached to an aromatic ring is 1. The van der Waals surface area contributed by atoms with E-state index in [1.807, 2.05) is 0 Å². The number of nitrogens with two attached hydrogens (primary N) is 1. The minimum atomic E-state index is -0.403. The van der Waals surface area contributed by atoms with Crippen LogP contribution in [0, 0.1) is 0 Å². The van der Waals surface area contributed by atoms with E-state index < -0.39 is 5.97 Å². The van der Waals surface area contributed by atoms with Crippen LogP contribution in [0.5, 0.6) is 0 Å². The monoisotopic (exact) mass is 270 g/mol. The summed E-state index contributed by atoms with van der Waals surface area (Å²) in [6.07, 6.45) is 0. The van der Waals surface area contributed by atoms with Crippen LogP contribution in [0.1, 0.15) is 10.4 Å². The molecule has 0 spiro atoms. The van der Waals surface area contributed by atoms with Gasteiger partial charge in [-0.05, 0) is 18.2 Å². The van der Waals surface area contributed by atoms with Crippen molar-refractivity contribution in [1.82, 2.24) is 5.32 Å². The molecule has 18 heavy (non-hydrogen) atoms. The summed E-state index contributed by atoms with van der Waals surface area (Å²) < 4.78 is 9.54. The fourth-order valence-electron chi connectivity index (χ4n) is 1.35. The number of morpholine rings is 1. The zero-order chi connectivity index (χ0) is 13.4. The van der Waals surface area contributed by atoms with Crippen LogP contribution in [0.25, 0.3) is 0 Å². The fraction of sp³-hybridized carbons (Fsp3) is 0.417. The van der Waals surface area contributed by atoms with E-state index in [9.17, 15) is 4.79 Å². The SMILES string of the molecule is C1COCCN1.COC(=O)c1ccc(N)cc1S. The molecule has 0 atom stereocenters. The van der Waals surface area contributed by atoms with Crippen LogP contribution in [0.2, 0.25) is 0 Å². The van der Waals surface area contributed by atoms with Gasteiger partial charge in [0.05, 0.1) is 25.9 Å². The Morgan fingerprint density at radius 3 is 2.50 bits per heavy atom. The Labute approximate surface area is 112 Å². The van der Waals surface area contributed by atoms with Crippen molar-refractivity contribution in [1.29, 1.82) is 0 Å². The van der Waals surface area contributed by atoms with Crippen molar-refractivity contribution < 1.29 is 14.3 Å². The third-order valence-corrected chi connectivity index (χ3v) is 2.64. The maximum Gasteiger partial charge on any atom is 0.338 e. The van der Waals surface area contributed by atoms with E-state index in [1.165, 1.54) is 7.11 Å². The van der Waals surface area contributed by atoms with Gasteiger partial charge >= 0.3 is 5.97 Å². The largest absolute Gasteiger partial charge is 0.465 e. The Balaban J connectivity index is 0.000000225. The van der Waals surface area contributed by atoms with Gasteiger partial charge in [0.2, 0.25) is 0 Å². The molecule has 0 aliphatic carbocycles. The summed E-state index contributed by atoms with van der Waals surface area (Å²) in [7, 11) is 1.33. The van der Waals surface area contributed by atoms with Crippen LogP contribution >= 0.6 is 12.6 Å². The highest BCUT2D eigenvalue weighted by Crippen LogP contribution is 2.17. The Hall–Kier alpha value is -1.24. The van der Waals surface area contributed by atoms with Gasteiger partial charge in [0.25, 0.3) is 0 Å². The molecule has 1 aromatic rings. The molecule has 2 rings (SSSR count). The third-order valence-electron chi connectivity index (χ3n) is 2.27. The van der Waals surface area contributed by atoms with Crippen molar-refractivity contribution >= 4 is 24.3 Å². The number of benzene rings is 1. The molecule has 3 N–H and O–H groups in total. The van der Waals surface area contributed by atoms with Crippen molar-refractivity contribution in [2.45, 2.75) is 4.90 Å². The van der Waals surface area contributed by atoms with Gasteiger partial charge in [-0.2, -0.15) is 0 Å². The van der Waals surface area contributed by atoms with E-state index in [0.29, 0.717) is 16.1 Å². The predicted molar refractivity (Wildman–Crippen MR) is 73.1 cm³/mol. The molecule has 5 nitrogen and oxygen atoms in total. The molecule has 0 unspecified atom stereocenters. The predicted octanol–water partition coefficient (Wildman–Crippen LogP) is 0.950. The maximum atomic E-state index is 11.0. The van der Waals surface area contributed by atoms with E-state index in [0.717, 1.165) is 26.3 Å². The lowest BCUT2D eigenvalue weighted by Crippen LogP contribution is -2.30. The zero-order valence-electron chi connectivity index (χ0n) is 10.3. The number of carbonyl (C=O) groups is 1. The standard InChI is InChI=1S/C8H9NO2S.C4H9NO/c1-11-8(10)6-3-2-5(9)4-7(6)12;1-3-6-4-2-5-1/h2-4,12H,9H2,1H3;5H,1-4H2. The van der Waals surface area contributed by atoms with Gasteiger partial charge in [-0.3, -0.25) is 0 Å². The number of esters is 1. The van der Waals surface area contributed by atoms with Gasteiger partial charge in [0, 0.05) is 23.7 Å². The smallest absolute Gasteiger partial charge is 0.338 e. The molecule has 6 heteroatoms. The second-order valence-corrected chi connectivity index (χ2v) is 4.11. The van der Waals surface area contributed by atoms with Crippen LogP contribution < -0.4 is 11.1 Å². The van der Waals surface area contributed by atoms with Crippen LogP contribution in [-0.4, -0.2) is 39.4 Å². The first kappa shape index (κ1) is 14.8. The fourth-order valence-corrected chi connectivity index (χ4v) is 1.66. The second-order valence-electron chi connectivity index (χ2n) is 3.63. The molecule has 0 radical (unpaired) electrons. The summed E-state index contributed by atoms with van der Waals surface area (Å²) in [5, 5.41) is 3.16. The first-order chi connectivity index (χ1) is 8.65. The number of anilines is 1.